The molecule has 3 aromatic rings. The largest absolute Gasteiger partial charge is 0.464 e. The minimum Gasteiger partial charge on any atom is -0.464 e. The number of sulfonamides is 1. The summed E-state index contributed by atoms with van der Waals surface area (Å²) in [6.45, 7) is 0. The zero-order valence-electron chi connectivity index (χ0n) is 17.6. The Balaban J connectivity index is 1.56. The van der Waals surface area contributed by atoms with Gasteiger partial charge in [0.1, 0.15) is 5.75 Å². The summed E-state index contributed by atoms with van der Waals surface area (Å²) in [6.07, 6.45) is 1.04. The lowest BCUT2D eigenvalue weighted by molar-refractivity contribution is -0.385. The summed E-state index contributed by atoms with van der Waals surface area (Å²) in [5, 5.41) is 18.0. The van der Waals surface area contributed by atoms with Crippen molar-refractivity contribution in [2.45, 2.75) is 18.7 Å². The van der Waals surface area contributed by atoms with Crippen LogP contribution in [0.3, 0.4) is 0 Å². The molecule has 0 spiro atoms. The second-order valence-corrected chi connectivity index (χ2v) is 9.71. The number of nitrogens with zero attached hydrogens (tertiary/aromatic N) is 3. The van der Waals surface area contributed by atoms with Crippen LogP contribution in [0.25, 0.3) is 0 Å². The van der Waals surface area contributed by atoms with Crippen LogP contribution < -0.4 is 9.46 Å². The molecule has 0 saturated heterocycles. The summed E-state index contributed by atoms with van der Waals surface area (Å²) in [6, 6.07) is 21.0. The van der Waals surface area contributed by atoms with E-state index in [1.54, 1.807) is 30.3 Å². The minimum absolute atomic E-state index is 0.0190. The van der Waals surface area contributed by atoms with Gasteiger partial charge in [0.25, 0.3) is 5.69 Å². The molecule has 168 valence electrons. The van der Waals surface area contributed by atoms with Crippen LogP contribution in [0, 0.1) is 10.1 Å². The Morgan fingerprint density at radius 1 is 1.09 bits per heavy atom. The van der Waals surface area contributed by atoms with Crippen LogP contribution in [0.15, 0.2) is 77.9 Å². The maximum atomic E-state index is 11.6. The topological polar surface area (TPSA) is 114 Å². The average molecular weight is 465 g/mol. The number of anilines is 1. The summed E-state index contributed by atoms with van der Waals surface area (Å²) in [5.74, 6) is 0.708. The van der Waals surface area contributed by atoms with Gasteiger partial charge in [0.2, 0.25) is 16.3 Å². The standard InChI is InChI=1S/C23H20N4O5S/c1-33(30,31)25-17-8-4-6-15(12-17)20-14-21-19-10-2-3-11-22(19)32-23(26(21)24-20)16-7-5-9-18(13-16)27(28)29/h2-13,21,23,25H,14H2,1H3/t21-,23+/m0/s1. The first-order valence-electron chi connectivity index (χ1n) is 10.2. The van der Waals surface area contributed by atoms with Crippen LogP contribution in [0.1, 0.15) is 35.4 Å². The molecule has 0 saturated carbocycles. The normalized spacial score (nSPS) is 19.2. The fourth-order valence-electron chi connectivity index (χ4n) is 4.20. The number of non-ortho nitro benzene ring substituents is 1. The highest BCUT2D eigenvalue weighted by molar-refractivity contribution is 7.92. The van der Waals surface area contributed by atoms with E-state index in [1.807, 2.05) is 35.3 Å². The lowest BCUT2D eigenvalue weighted by atomic mass is 9.96. The molecule has 33 heavy (non-hydrogen) atoms. The molecule has 1 N–H and O–H groups in total. The Morgan fingerprint density at radius 3 is 2.67 bits per heavy atom. The molecule has 0 radical (unpaired) electrons. The van der Waals surface area contributed by atoms with Crippen molar-refractivity contribution in [2.24, 2.45) is 5.10 Å². The van der Waals surface area contributed by atoms with Gasteiger partial charge in [0, 0.05) is 35.4 Å². The number of nitro benzene ring substituents is 1. The molecule has 2 heterocycles. The first-order valence-corrected chi connectivity index (χ1v) is 12.1. The zero-order valence-corrected chi connectivity index (χ0v) is 18.4. The molecule has 0 aromatic heterocycles. The highest BCUT2D eigenvalue weighted by atomic mass is 32.2. The predicted molar refractivity (Wildman–Crippen MR) is 124 cm³/mol. The van der Waals surface area contributed by atoms with Crippen molar-refractivity contribution in [3.8, 4) is 5.75 Å². The van der Waals surface area contributed by atoms with Crippen molar-refractivity contribution >= 4 is 27.1 Å². The van der Waals surface area contributed by atoms with Gasteiger partial charge in [-0.2, -0.15) is 5.10 Å². The molecule has 3 aromatic carbocycles. The van der Waals surface area contributed by atoms with Gasteiger partial charge in [0.15, 0.2) is 0 Å². The van der Waals surface area contributed by atoms with Crippen molar-refractivity contribution < 1.29 is 18.1 Å². The number of fused-ring (bicyclic) bond motifs is 3. The summed E-state index contributed by atoms with van der Waals surface area (Å²) in [7, 11) is -3.41. The summed E-state index contributed by atoms with van der Waals surface area (Å²) in [4.78, 5) is 10.9. The molecular weight excluding hydrogens is 444 g/mol. The summed E-state index contributed by atoms with van der Waals surface area (Å²) in [5.41, 5.74) is 3.59. The maximum Gasteiger partial charge on any atom is 0.269 e. The van der Waals surface area contributed by atoms with E-state index in [9.17, 15) is 18.5 Å². The number of rotatable bonds is 5. The second kappa shape index (κ2) is 7.89. The number of para-hydroxylation sites is 1. The number of nitro groups is 1. The van der Waals surface area contributed by atoms with Crippen molar-refractivity contribution in [3.63, 3.8) is 0 Å². The number of benzene rings is 3. The monoisotopic (exact) mass is 464 g/mol. The summed E-state index contributed by atoms with van der Waals surface area (Å²) < 4.78 is 32.0. The van der Waals surface area contributed by atoms with E-state index in [1.165, 1.54) is 12.1 Å². The van der Waals surface area contributed by atoms with Gasteiger partial charge < -0.3 is 4.74 Å². The van der Waals surface area contributed by atoms with Gasteiger partial charge in [-0.05, 0) is 23.8 Å². The van der Waals surface area contributed by atoms with E-state index >= 15 is 0 Å². The van der Waals surface area contributed by atoms with E-state index in [0.29, 0.717) is 23.4 Å². The van der Waals surface area contributed by atoms with E-state index < -0.39 is 21.2 Å². The molecule has 9 nitrogen and oxygen atoms in total. The molecule has 10 heteroatoms. The van der Waals surface area contributed by atoms with E-state index in [4.69, 9.17) is 9.84 Å². The van der Waals surface area contributed by atoms with Crippen LogP contribution in [-0.4, -0.2) is 30.3 Å². The Morgan fingerprint density at radius 2 is 1.88 bits per heavy atom. The van der Waals surface area contributed by atoms with Crippen LogP contribution in [0.2, 0.25) is 0 Å². The lowest BCUT2D eigenvalue weighted by Crippen LogP contribution is -2.33. The number of hydrogen-bond acceptors (Lipinski definition) is 7. The minimum atomic E-state index is -3.41. The van der Waals surface area contributed by atoms with Crippen LogP contribution >= 0.6 is 0 Å². The third-order valence-corrected chi connectivity index (χ3v) is 6.17. The van der Waals surface area contributed by atoms with E-state index in [0.717, 1.165) is 23.1 Å². The zero-order chi connectivity index (χ0) is 23.2. The first kappa shape index (κ1) is 21.0. The van der Waals surface area contributed by atoms with Gasteiger partial charge in [-0.25, -0.2) is 13.4 Å². The van der Waals surface area contributed by atoms with E-state index in [-0.39, 0.29) is 11.7 Å². The first-order chi connectivity index (χ1) is 15.8. The molecule has 0 fully saturated rings. The predicted octanol–water partition coefficient (Wildman–Crippen LogP) is 4.21. The third kappa shape index (κ3) is 4.12. The molecule has 0 amide bonds. The summed E-state index contributed by atoms with van der Waals surface area (Å²) >= 11 is 0. The highest BCUT2D eigenvalue weighted by Crippen LogP contribution is 2.47. The van der Waals surface area contributed by atoms with E-state index in [2.05, 4.69) is 4.72 Å². The molecule has 0 bridgehead atoms. The quantitative estimate of drug-likeness (QED) is 0.447. The fraction of sp³-hybridized carbons (Fsp3) is 0.174. The lowest BCUT2D eigenvalue weighted by Gasteiger charge is -2.38. The number of hydrazone groups is 1. The van der Waals surface area contributed by atoms with Crippen LogP contribution in [-0.2, 0) is 10.0 Å². The van der Waals surface area contributed by atoms with Gasteiger partial charge in [-0.3, -0.25) is 14.8 Å². The Kier molecular flexibility index (Phi) is 5.01. The van der Waals surface area contributed by atoms with Gasteiger partial charge >= 0.3 is 0 Å². The number of ether oxygens (including phenoxy) is 1. The Bertz CT molecular complexity index is 1390. The SMILES string of the molecule is CS(=O)(=O)Nc1cccc(C2=NN3[C@@H](c4cccc([N+](=O)[O-])c4)Oc4ccccc4[C@@H]3C2)c1. The van der Waals surface area contributed by atoms with Crippen molar-refractivity contribution in [2.75, 3.05) is 11.0 Å². The fourth-order valence-corrected chi connectivity index (χ4v) is 4.75. The Labute approximate surface area is 190 Å². The smallest absolute Gasteiger partial charge is 0.269 e. The average Bonchev–Trinajstić information content (AvgIpc) is 3.23. The molecule has 5 rings (SSSR count). The Hall–Kier alpha value is -3.92. The van der Waals surface area contributed by atoms with Gasteiger partial charge in [0.05, 0.1) is 22.9 Å². The van der Waals surface area contributed by atoms with Gasteiger partial charge in [-0.1, -0.05) is 42.5 Å². The molecular formula is C23H20N4O5S. The van der Waals surface area contributed by atoms with Crippen molar-refractivity contribution in [3.05, 3.63) is 99.6 Å². The van der Waals surface area contributed by atoms with Crippen molar-refractivity contribution in [1.82, 2.24) is 5.01 Å². The number of nitrogens with one attached hydrogen (secondary N) is 1. The van der Waals surface area contributed by atoms with Crippen LogP contribution in [0.4, 0.5) is 11.4 Å². The molecule has 0 unspecified atom stereocenters. The second-order valence-electron chi connectivity index (χ2n) is 7.96. The molecule has 0 aliphatic carbocycles. The molecule has 2 aliphatic rings. The molecule has 2 atom stereocenters. The number of hydrogen-bond donors (Lipinski definition) is 1. The third-order valence-electron chi connectivity index (χ3n) is 5.56. The molecule has 2 aliphatic heterocycles. The van der Waals surface area contributed by atoms with Gasteiger partial charge in [-0.15, -0.1) is 0 Å². The maximum absolute atomic E-state index is 11.6. The highest BCUT2D eigenvalue weighted by Gasteiger charge is 2.41. The van der Waals surface area contributed by atoms with Crippen molar-refractivity contribution in [1.29, 1.82) is 0 Å². The van der Waals surface area contributed by atoms with Crippen LogP contribution in [0.5, 0.6) is 5.75 Å².